The van der Waals surface area contributed by atoms with Gasteiger partial charge in [0, 0.05) is 29.6 Å². The van der Waals surface area contributed by atoms with Crippen molar-refractivity contribution in [3.63, 3.8) is 0 Å². The predicted molar refractivity (Wildman–Crippen MR) is 114 cm³/mol. The predicted octanol–water partition coefficient (Wildman–Crippen LogP) is 3.45. The van der Waals surface area contributed by atoms with Gasteiger partial charge in [-0.3, -0.25) is 9.59 Å². The number of hydrogen-bond donors (Lipinski definition) is 1. The van der Waals surface area contributed by atoms with E-state index in [1.165, 1.54) is 28.0 Å². The summed E-state index contributed by atoms with van der Waals surface area (Å²) in [5.41, 5.74) is 4.88. The smallest absolute Gasteiger partial charge is 0.264 e. The van der Waals surface area contributed by atoms with E-state index in [1.807, 2.05) is 17.0 Å². The monoisotopic (exact) mass is 410 g/mol. The molecule has 1 fully saturated rings. The van der Waals surface area contributed by atoms with E-state index < -0.39 is 0 Å². The number of carbonyl (C=O) groups is 2. The van der Waals surface area contributed by atoms with E-state index in [0.29, 0.717) is 26.3 Å². The molecule has 1 saturated heterocycles. The van der Waals surface area contributed by atoms with E-state index in [-0.39, 0.29) is 17.7 Å². The highest BCUT2D eigenvalue weighted by atomic mass is 32.1. The minimum Gasteiger partial charge on any atom is -0.378 e. The van der Waals surface area contributed by atoms with Crippen LogP contribution in [0.2, 0.25) is 0 Å². The van der Waals surface area contributed by atoms with Gasteiger partial charge in [-0.05, 0) is 73.4 Å². The lowest BCUT2D eigenvalue weighted by Crippen LogP contribution is -2.40. The van der Waals surface area contributed by atoms with E-state index in [1.54, 1.807) is 11.3 Å². The number of hydrogen-bond acceptors (Lipinski definition) is 4. The highest BCUT2D eigenvalue weighted by Gasteiger charge is 2.29. The van der Waals surface area contributed by atoms with Crippen molar-refractivity contribution in [1.29, 1.82) is 0 Å². The van der Waals surface area contributed by atoms with Gasteiger partial charge in [-0.2, -0.15) is 0 Å². The molecule has 1 aromatic carbocycles. The number of morpholine rings is 1. The lowest BCUT2D eigenvalue weighted by atomic mass is 9.87. The molecule has 1 atom stereocenters. The summed E-state index contributed by atoms with van der Waals surface area (Å²) in [5, 5.41) is 3.13. The molecule has 152 valence electrons. The second-order valence-corrected chi connectivity index (χ2v) is 9.37. The van der Waals surface area contributed by atoms with Gasteiger partial charge in [-0.1, -0.05) is 6.07 Å². The Labute approximate surface area is 175 Å². The molecule has 0 saturated carbocycles. The normalized spacial score (nSPS) is 20.8. The van der Waals surface area contributed by atoms with Crippen molar-refractivity contribution >= 4 is 28.8 Å². The summed E-state index contributed by atoms with van der Waals surface area (Å²) >= 11 is 1.60. The molecule has 5 nitrogen and oxygen atoms in total. The Morgan fingerprint density at radius 1 is 1.03 bits per heavy atom. The third-order valence-electron chi connectivity index (χ3n) is 6.33. The minimum absolute atomic E-state index is 0.0308. The molecule has 2 aromatic rings. The van der Waals surface area contributed by atoms with Gasteiger partial charge in [0.15, 0.2) is 0 Å². The fourth-order valence-corrected chi connectivity index (χ4v) is 5.85. The Balaban J connectivity index is 1.25. The average molecular weight is 411 g/mol. The number of rotatable bonds is 3. The molecule has 0 unspecified atom stereocenters. The van der Waals surface area contributed by atoms with Crippen LogP contribution in [0, 0.1) is 5.92 Å². The Morgan fingerprint density at radius 2 is 1.86 bits per heavy atom. The number of amides is 2. The van der Waals surface area contributed by atoms with Crippen molar-refractivity contribution in [3.05, 3.63) is 50.7 Å². The second kappa shape index (κ2) is 7.92. The van der Waals surface area contributed by atoms with E-state index in [9.17, 15) is 9.59 Å². The fraction of sp³-hybridized carbons (Fsp3) is 0.478. The van der Waals surface area contributed by atoms with Crippen molar-refractivity contribution in [3.8, 4) is 0 Å². The first kappa shape index (κ1) is 18.8. The van der Waals surface area contributed by atoms with E-state index >= 15 is 0 Å². The molecular weight excluding hydrogens is 384 g/mol. The van der Waals surface area contributed by atoms with Gasteiger partial charge in [-0.25, -0.2) is 0 Å². The average Bonchev–Trinajstić information content (AvgIpc) is 3.39. The third-order valence-corrected chi connectivity index (χ3v) is 7.55. The van der Waals surface area contributed by atoms with E-state index in [0.717, 1.165) is 42.7 Å². The SMILES string of the molecule is O=C(Nc1ccc2c(c1)CCC2)[C@H]1CCc2sc(C(=O)N3CCOCC3)cc2C1. The standard InChI is InChI=1S/C23H26N2O3S/c26-22(24-19-6-4-15-2-1-3-16(15)13-19)17-5-7-20-18(12-17)14-21(29-20)23(27)25-8-10-28-11-9-25/h4,6,13-14,17H,1-3,5,7-12H2,(H,24,26)/t17-/m0/s1. The summed E-state index contributed by atoms with van der Waals surface area (Å²) in [6.07, 6.45) is 5.91. The van der Waals surface area contributed by atoms with E-state index in [2.05, 4.69) is 17.4 Å². The van der Waals surface area contributed by atoms with Crippen LogP contribution in [0.25, 0.3) is 0 Å². The van der Waals surface area contributed by atoms with Crippen LogP contribution < -0.4 is 5.32 Å². The fourth-order valence-electron chi connectivity index (χ4n) is 4.67. The van der Waals surface area contributed by atoms with Crippen molar-refractivity contribution in [2.24, 2.45) is 5.92 Å². The van der Waals surface area contributed by atoms with Crippen LogP contribution in [0.3, 0.4) is 0 Å². The van der Waals surface area contributed by atoms with Crippen LogP contribution in [0.5, 0.6) is 0 Å². The van der Waals surface area contributed by atoms with Gasteiger partial charge in [-0.15, -0.1) is 11.3 Å². The minimum atomic E-state index is -0.0308. The molecule has 29 heavy (non-hydrogen) atoms. The number of nitrogens with one attached hydrogen (secondary N) is 1. The molecule has 5 rings (SSSR count). The zero-order valence-corrected chi connectivity index (χ0v) is 17.4. The lowest BCUT2D eigenvalue weighted by Gasteiger charge is -2.26. The molecule has 0 bridgehead atoms. The first-order valence-corrected chi connectivity index (χ1v) is 11.4. The van der Waals surface area contributed by atoms with Crippen LogP contribution in [0.1, 0.15) is 44.1 Å². The topological polar surface area (TPSA) is 58.6 Å². The zero-order chi connectivity index (χ0) is 19.8. The van der Waals surface area contributed by atoms with Crippen LogP contribution >= 0.6 is 11.3 Å². The summed E-state index contributed by atoms with van der Waals surface area (Å²) in [7, 11) is 0. The number of nitrogens with zero attached hydrogens (tertiary/aromatic N) is 1. The Hall–Kier alpha value is -2.18. The molecule has 6 heteroatoms. The van der Waals surface area contributed by atoms with E-state index in [4.69, 9.17) is 4.74 Å². The van der Waals surface area contributed by atoms with Gasteiger partial charge in [0.2, 0.25) is 5.91 Å². The maximum atomic E-state index is 12.9. The maximum absolute atomic E-state index is 12.9. The maximum Gasteiger partial charge on any atom is 0.264 e. The summed E-state index contributed by atoms with van der Waals surface area (Å²) in [6, 6.07) is 8.34. The molecule has 1 aromatic heterocycles. The van der Waals surface area contributed by atoms with Crippen molar-refractivity contribution in [1.82, 2.24) is 4.90 Å². The molecule has 2 amide bonds. The quantitative estimate of drug-likeness (QED) is 0.843. The number of carbonyl (C=O) groups excluding carboxylic acids is 2. The molecule has 3 aliphatic rings. The Kier molecular flexibility index (Phi) is 5.14. The van der Waals surface area contributed by atoms with Crippen molar-refractivity contribution in [2.75, 3.05) is 31.6 Å². The van der Waals surface area contributed by atoms with Crippen LogP contribution in [-0.4, -0.2) is 43.0 Å². The number of fused-ring (bicyclic) bond motifs is 2. The van der Waals surface area contributed by atoms with Gasteiger partial charge in [0.05, 0.1) is 18.1 Å². The van der Waals surface area contributed by atoms with Crippen LogP contribution in [0.4, 0.5) is 5.69 Å². The Bertz CT molecular complexity index is 946. The number of anilines is 1. The number of ether oxygens (including phenoxy) is 1. The molecule has 0 radical (unpaired) electrons. The number of aryl methyl sites for hydroxylation is 3. The van der Waals surface area contributed by atoms with Crippen molar-refractivity contribution < 1.29 is 14.3 Å². The summed E-state index contributed by atoms with van der Waals surface area (Å²) in [6.45, 7) is 2.55. The lowest BCUT2D eigenvalue weighted by molar-refractivity contribution is -0.120. The molecular formula is C23H26N2O3S. The van der Waals surface area contributed by atoms with Crippen LogP contribution in [-0.2, 0) is 35.2 Å². The molecule has 2 aliphatic carbocycles. The summed E-state index contributed by atoms with van der Waals surface area (Å²) in [5.74, 6) is 0.171. The molecule has 1 aliphatic heterocycles. The second-order valence-electron chi connectivity index (χ2n) is 8.23. The van der Waals surface area contributed by atoms with Crippen molar-refractivity contribution in [2.45, 2.75) is 38.5 Å². The number of thiophene rings is 1. The number of benzene rings is 1. The van der Waals surface area contributed by atoms with Gasteiger partial charge in [0.1, 0.15) is 0 Å². The highest BCUT2D eigenvalue weighted by molar-refractivity contribution is 7.14. The largest absolute Gasteiger partial charge is 0.378 e. The summed E-state index contributed by atoms with van der Waals surface area (Å²) in [4.78, 5) is 29.6. The van der Waals surface area contributed by atoms with Gasteiger partial charge in [0.25, 0.3) is 5.91 Å². The zero-order valence-electron chi connectivity index (χ0n) is 16.5. The molecule has 1 N–H and O–H groups in total. The first-order chi connectivity index (χ1) is 14.2. The van der Waals surface area contributed by atoms with Gasteiger partial charge >= 0.3 is 0 Å². The first-order valence-electron chi connectivity index (χ1n) is 10.6. The summed E-state index contributed by atoms with van der Waals surface area (Å²) < 4.78 is 5.35. The molecule has 2 heterocycles. The Morgan fingerprint density at radius 3 is 2.72 bits per heavy atom. The van der Waals surface area contributed by atoms with Crippen LogP contribution in [0.15, 0.2) is 24.3 Å². The third kappa shape index (κ3) is 3.83. The highest BCUT2D eigenvalue weighted by Crippen LogP contribution is 2.34. The molecule has 0 spiro atoms. The van der Waals surface area contributed by atoms with Gasteiger partial charge < -0.3 is 15.0 Å².